The smallest absolute Gasteiger partial charge is 0.279 e. The minimum Gasteiger partial charge on any atom is -0.324 e. The maximum atomic E-state index is 10.3. The fourth-order valence-electron chi connectivity index (χ4n) is 0.672. The molecule has 0 saturated carbocycles. The summed E-state index contributed by atoms with van der Waals surface area (Å²) < 4.78 is 0. The van der Waals surface area contributed by atoms with Crippen LogP contribution < -0.4 is 5.32 Å². The molecule has 3 heteroatoms. The van der Waals surface area contributed by atoms with E-state index in [-0.39, 0.29) is 5.24 Å². The average molecular weight is 185 g/mol. The maximum Gasteiger partial charge on any atom is 0.279 e. The Balaban J connectivity index is 3.33. The van der Waals surface area contributed by atoms with E-state index in [1.165, 1.54) is 12.8 Å². The molecule has 1 N–H and O–H groups in total. The van der Waals surface area contributed by atoms with Crippen LogP contribution in [-0.4, -0.2) is 5.24 Å². The van der Waals surface area contributed by atoms with E-state index in [1.807, 2.05) is 6.08 Å². The minimum atomic E-state index is -0.340. The van der Waals surface area contributed by atoms with E-state index in [1.54, 1.807) is 12.3 Å². The molecule has 0 aliphatic rings. The van der Waals surface area contributed by atoms with Gasteiger partial charge in [0.25, 0.3) is 5.24 Å². The van der Waals surface area contributed by atoms with Gasteiger partial charge in [-0.15, -0.1) is 0 Å². The highest BCUT2D eigenvalue weighted by Gasteiger charge is 1.80. The molecule has 12 heavy (non-hydrogen) atoms. The quantitative estimate of drug-likeness (QED) is 0.385. The summed E-state index contributed by atoms with van der Waals surface area (Å²) in [5.74, 6) is 0. The molecule has 0 saturated heterocycles. The van der Waals surface area contributed by atoms with Crippen LogP contribution in [0.2, 0.25) is 0 Å². The van der Waals surface area contributed by atoms with Crippen molar-refractivity contribution in [3.8, 4) is 0 Å². The van der Waals surface area contributed by atoms with Gasteiger partial charge in [-0.3, -0.25) is 4.79 Å². The highest BCUT2D eigenvalue weighted by atomic mass is 32.1. The van der Waals surface area contributed by atoms with Crippen LogP contribution in [0, 0.1) is 0 Å². The Morgan fingerprint density at radius 2 is 2.25 bits per heavy atom. The number of hydrogen-bond donors (Lipinski definition) is 2. The van der Waals surface area contributed by atoms with Crippen molar-refractivity contribution in [2.24, 2.45) is 0 Å². The number of nitrogens with one attached hydrogen (secondary N) is 1. The lowest BCUT2D eigenvalue weighted by Crippen LogP contribution is -2.06. The predicted molar refractivity (Wildman–Crippen MR) is 55.3 cm³/mol. The summed E-state index contributed by atoms with van der Waals surface area (Å²) in [6, 6.07) is 0. The molecule has 0 radical (unpaired) electrons. The number of rotatable bonds is 5. The molecule has 0 heterocycles. The summed E-state index contributed by atoms with van der Waals surface area (Å²) in [4.78, 5) is 10.3. The summed E-state index contributed by atoms with van der Waals surface area (Å²) in [7, 11) is 0. The topological polar surface area (TPSA) is 29.1 Å². The van der Waals surface area contributed by atoms with Gasteiger partial charge in [-0.2, -0.15) is 0 Å². The molecule has 0 atom stereocenters. The van der Waals surface area contributed by atoms with E-state index in [0.29, 0.717) is 0 Å². The fourth-order valence-corrected chi connectivity index (χ4v) is 0.746. The Labute approximate surface area is 79.1 Å². The van der Waals surface area contributed by atoms with Crippen LogP contribution in [0.3, 0.4) is 0 Å². The van der Waals surface area contributed by atoms with Gasteiger partial charge in [0.2, 0.25) is 0 Å². The van der Waals surface area contributed by atoms with E-state index in [0.717, 1.165) is 6.42 Å². The van der Waals surface area contributed by atoms with Crippen LogP contribution in [0.4, 0.5) is 4.79 Å². The van der Waals surface area contributed by atoms with Crippen LogP contribution in [0.15, 0.2) is 24.4 Å². The Kier molecular flexibility index (Phi) is 7.91. The molecule has 0 rings (SSSR count). The number of thiol groups is 1. The molecule has 0 aromatic heterocycles. The Bertz CT molecular complexity index is 175. The van der Waals surface area contributed by atoms with Gasteiger partial charge in [-0.25, -0.2) is 0 Å². The molecule has 0 spiro atoms. The predicted octanol–water partition coefficient (Wildman–Crippen LogP) is 2.89. The molecular formula is C9H15NOS. The van der Waals surface area contributed by atoms with E-state index >= 15 is 0 Å². The number of carbonyl (C=O) groups is 1. The van der Waals surface area contributed by atoms with Crippen molar-refractivity contribution < 1.29 is 4.79 Å². The highest BCUT2D eigenvalue weighted by Crippen LogP contribution is 1.94. The maximum absolute atomic E-state index is 10.3. The molecule has 0 bridgehead atoms. The van der Waals surface area contributed by atoms with Crippen molar-refractivity contribution in [1.29, 1.82) is 0 Å². The standard InChI is InChI=1S/C9H15NOS/c1-2-3-4-5-6-7-8-10-9(11)12/h5-8H,2-4H2,1H3,(H2,10,11,12). The van der Waals surface area contributed by atoms with E-state index in [4.69, 9.17) is 0 Å². The first-order valence-corrected chi connectivity index (χ1v) is 4.53. The SMILES string of the molecule is CCCCC=CC=CNC(=O)S. The second-order valence-electron chi connectivity index (χ2n) is 2.38. The zero-order valence-corrected chi connectivity index (χ0v) is 8.18. The molecule has 0 aliphatic heterocycles. The summed E-state index contributed by atoms with van der Waals surface area (Å²) in [6.07, 6.45) is 10.9. The van der Waals surface area contributed by atoms with Crippen LogP contribution in [0.25, 0.3) is 0 Å². The van der Waals surface area contributed by atoms with Gasteiger partial charge in [0.1, 0.15) is 0 Å². The molecular weight excluding hydrogens is 170 g/mol. The first kappa shape index (κ1) is 11.3. The molecule has 0 unspecified atom stereocenters. The average Bonchev–Trinajstić information content (AvgIpc) is 2.02. The number of hydrogen-bond acceptors (Lipinski definition) is 1. The third-order valence-electron chi connectivity index (χ3n) is 1.27. The van der Waals surface area contributed by atoms with Gasteiger partial charge in [-0.1, -0.05) is 44.5 Å². The fraction of sp³-hybridized carbons (Fsp3) is 0.444. The number of amides is 1. The number of allylic oxidation sites excluding steroid dienone is 3. The monoisotopic (exact) mass is 185 g/mol. The van der Waals surface area contributed by atoms with Crippen molar-refractivity contribution in [2.75, 3.05) is 0 Å². The van der Waals surface area contributed by atoms with Crippen molar-refractivity contribution in [3.05, 3.63) is 24.4 Å². The second kappa shape index (κ2) is 8.40. The third kappa shape index (κ3) is 9.30. The van der Waals surface area contributed by atoms with Crippen LogP contribution in [-0.2, 0) is 0 Å². The zero-order valence-electron chi connectivity index (χ0n) is 7.29. The summed E-state index contributed by atoms with van der Waals surface area (Å²) in [6.45, 7) is 2.16. The Morgan fingerprint density at radius 1 is 1.50 bits per heavy atom. The van der Waals surface area contributed by atoms with E-state index < -0.39 is 0 Å². The van der Waals surface area contributed by atoms with E-state index in [9.17, 15) is 4.79 Å². The first-order valence-electron chi connectivity index (χ1n) is 4.08. The molecule has 2 nitrogen and oxygen atoms in total. The van der Waals surface area contributed by atoms with Gasteiger partial charge in [0.05, 0.1) is 0 Å². The first-order chi connectivity index (χ1) is 5.77. The van der Waals surface area contributed by atoms with Gasteiger partial charge >= 0.3 is 0 Å². The normalized spacial score (nSPS) is 11.2. The highest BCUT2D eigenvalue weighted by molar-refractivity contribution is 7.96. The van der Waals surface area contributed by atoms with Gasteiger partial charge in [0, 0.05) is 6.20 Å². The lowest BCUT2D eigenvalue weighted by molar-refractivity contribution is 0.263. The molecule has 0 aromatic carbocycles. The Morgan fingerprint density at radius 3 is 2.83 bits per heavy atom. The largest absolute Gasteiger partial charge is 0.324 e. The van der Waals surface area contributed by atoms with Crippen molar-refractivity contribution in [2.45, 2.75) is 26.2 Å². The Hall–Kier alpha value is -0.700. The van der Waals surface area contributed by atoms with E-state index in [2.05, 4.69) is 30.9 Å². The molecule has 1 amide bonds. The minimum absolute atomic E-state index is 0.340. The van der Waals surface area contributed by atoms with Crippen molar-refractivity contribution in [1.82, 2.24) is 5.32 Å². The van der Waals surface area contributed by atoms with Gasteiger partial charge in [-0.05, 0) is 12.5 Å². The van der Waals surface area contributed by atoms with Crippen LogP contribution in [0.1, 0.15) is 26.2 Å². The summed E-state index contributed by atoms with van der Waals surface area (Å²) >= 11 is 3.53. The number of carbonyl (C=O) groups excluding carboxylic acids is 1. The molecule has 0 aromatic rings. The van der Waals surface area contributed by atoms with Crippen LogP contribution >= 0.6 is 12.6 Å². The molecule has 68 valence electrons. The number of unbranched alkanes of at least 4 members (excludes halogenated alkanes) is 2. The second-order valence-corrected chi connectivity index (χ2v) is 2.79. The lowest BCUT2D eigenvalue weighted by atomic mass is 10.2. The zero-order chi connectivity index (χ0) is 9.23. The van der Waals surface area contributed by atoms with Crippen molar-refractivity contribution >= 4 is 17.9 Å². The molecule has 0 fully saturated rings. The summed E-state index contributed by atoms with van der Waals surface area (Å²) in [5, 5.41) is 2.09. The van der Waals surface area contributed by atoms with Gasteiger partial charge < -0.3 is 5.32 Å². The van der Waals surface area contributed by atoms with Crippen molar-refractivity contribution in [3.63, 3.8) is 0 Å². The third-order valence-corrected chi connectivity index (χ3v) is 1.40. The lowest BCUT2D eigenvalue weighted by Gasteiger charge is -1.87. The summed E-state index contributed by atoms with van der Waals surface area (Å²) in [5.41, 5.74) is 0. The van der Waals surface area contributed by atoms with Gasteiger partial charge in [0.15, 0.2) is 0 Å². The van der Waals surface area contributed by atoms with Crippen LogP contribution in [0.5, 0.6) is 0 Å². The molecule has 0 aliphatic carbocycles.